The van der Waals surface area contributed by atoms with Crippen LogP contribution >= 0.6 is 0 Å². The van der Waals surface area contributed by atoms with Crippen LogP contribution in [0.5, 0.6) is 0 Å². The fourth-order valence-electron chi connectivity index (χ4n) is 1.27. The minimum atomic E-state index is -0.578. The van der Waals surface area contributed by atoms with Crippen molar-refractivity contribution >= 4 is 0 Å². The van der Waals surface area contributed by atoms with E-state index in [1.54, 1.807) is 7.05 Å². The fourth-order valence-corrected chi connectivity index (χ4v) is 1.27. The van der Waals surface area contributed by atoms with Gasteiger partial charge in [0.2, 0.25) is 0 Å². The van der Waals surface area contributed by atoms with Crippen molar-refractivity contribution in [1.82, 2.24) is 5.32 Å². The molecule has 1 aromatic rings. The maximum atomic E-state index is 13.3. The third-order valence-corrected chi connectivity index (χ3v) is 1.98. The standard InChI is InChI=1S/C10H13F2NO/c1-13-6-10(14-2)8-4-3-7(11)5-9(8)12/h3-5,10,13H,6H2,1-2H3/t10-/m1/s1. The summed E-state index contributed by atoms with van der Waals surface area (Å²) in [6, 6.07) is 3.48. The molecule has 0 unspecified atom stereocenters. The van der Waals surface area contributed by atoms with Gasteiger partial charge in [-0.2, -0.15) is 0 Å². The van der Waals surface area contributed by atoms with E-state index < -0.39 is 11.6 Å². The highest BCUT2D eigenvalue weighted by molar-refractivity contribution is 5.21. The molecule has 14 heavy (non-hydrogen) atoms. The second-order valence-corrected chi connectivity index (χ2v) is 2.95. The molecule has 1 N–H and O–H groups in total. The van der Waals surface area contributed by atoms with Crippen molar-refractivity contribution in [3.63, 3.8) is 0 Å². The van der Waals surface area contributed by atoms with E-state index in [1.165, 1.54) is 19.2 Å². The summed E-state index contributed by atoms with van der Waals surface area (Å²) in [5, 5.41) is 2.87. The molecule has 0 aromatic heterocycles. The molecule has 4 heteroatoms. The average Bonchev–Trinajstić information content (AvgIpc) is 2.15. The van der Waals surface area contributed by atoms with Gasteiger partial charge in [0.05, 0.1) is 6.10 Å². The number of likely N-dealkylation sites (N-methyl/N-ethyl adjacent to an activating group) is 1. The zero-order chi connectivity index (χ0) is 10.6. The zero-order valence-corrected chi connectivity index (χ0v) is 8.18. The van der Waals surface area contributed by atoms with Gasteiger partial charge in [0.15, 0.2) is 0 Å². The van der Waals surface area contributed by atoms with Crippen molar-refractivity contribution in [3.8, 4) is 0 Å². The van der Waals surface area contributed by atoms with Crippen LogP contribution in [0, 0.1) is 11.6 Å². The third-order valence-electron chi connectivity index (χ3n) is 1.98. The molecule has 0 heterocycles. The predicted molar refractivity (Wildman–Crippen MR) is 50.0 cm³/mol. The van der Waals surface area contributed by atoms with Crippen LogP contribution in [-0.2, 0) is 4.74 Å². The van der Waals surface area contributed by atoms with Crippen molar-refractivity contribution < 1.29 is 13.5 Å². The lowest BCUT2D eigenvalue weighted by atomic mass is 10.1. The van der Waals surface area contributed by atoms with E-state index in [4.69, 9.17) is 4.74 Å². The molecule has 0 fully saturated rings. The molecule has 78 valence electrons. The lowest BCUT2D eigenvalue weighted by Crippen LogP contribution is -2.19. The Labute approximate surface area is 81.9 Å². The number of methoxy groups -OCH3 is 1. The summed E-state index contributed by atoms with van der Waals surface area (Å²) in [6.07, 6.45) is -0.388. The topological polar surface area (TPSA) is 21.3 Å². The Morgan fingerprint density at radius 2 is 2.14 bits per heavy atom. The Morgan fingerprint density at radius 3 is 2.64 bits per heavy atom. The Bertz CT molecular complexity index is 304. The van der Waals surface area contributed by atoms with Gasteiger partial charge in [0, 0.05) is 25.3 Å². The van der Waals surface area contributed by atoms with Gasteiger partial charge < -0.3 is 10.1 Å². The highest BCUT2D eigenvalue weighted by atomic mass is 19.1. The van der Waals surface area contributed by atoms with Gasteiger partial charge in [-0.25, -0.2) is 8.78 Å². The number of hydrogen-bond acceptors (Lipinski definition) is 2. The van der Waals surface area contributed by atoms with E-state index >= 15 is 0 Å². The molecule has 0 saturated heterocycles. The van der Waals surface area contributed by atoms with Crippen molar-refractivity contribution in [3.05, 3.63) is 35.4 Å². The number of rotatable bonds is 4. The molecule has 0 aliphatic carbocycles. The summed E-state index contributed by atoms with van der Waals surface area (Å²) in [5.74, 6) is -1.15. The lowest BCUT2D eigenvalue weighted by molar-refractivity contribution is 0.101. The van der Waals surface area contributed by atoms with Gasteiger partial charge in [0.1, 0.15) is 11.6 Å². The van der Waals surface area contributed by atoms with E-state index in [1.807, 2.05) is 0 Å². The second-order valence-electron chi connectivity index (χ2n) is 2.95. The van der Waals surface area contributed by atoms with Crippen LogP contribution in [0.4, 0.5) is 8.78 Å². The molecule has 0 saturated carbocycles. The van der Waals surface area contributed by atoms with Crippen molar-refractivity contribution in [1.29, 1.82) is 0 Å². The van der Waals surface area contributed by atoms with Gasteiger partial charge in [-0.05, 0) is 13.1 Å². The summed E-state index contributed by atoms with van der Waals surface area (Å²) in [7, 11) is 3.23. The van der Waals surface area contributed by atoms with E-state index in [2.05, 4.69) is 5.32 Å². The maximum Gasteiger partial charge on any atom is 0.131 e. The Morgan fingerprint density at radius 1 is 1.43 bits per heavy atom. The molecule has 0 spiro atoms. The molecule has 2 nitrogen and oxygen atoms in total. The van der Waals surface area contributed by atoms with Crippen LogP contribution in [0.1, 0.15) is 11.7 Å². The second kappa shape index (κ2) is 5.02. The normalized spacial score (nSPS) is 12.9. The minimum absolute atomic E-state index is 0.364. The fraction of sp³-hybridized carbons (Fsp3) is 0.400. The summed E-state index contributed by atoms with van der Waals surface area (Å²) in [5.41, 5.74) is 0.364. The van der Waals surface area contributed by atoms with E-state index in [0.717, 1.165) is 6.07 Å². The lowest BCUT2D eigenvalue weighted by Gasteiger charge is -2.15. The van der Waals surface area contributed by atoms with Crippen LogP contribution in [0.2, 0.25) is 0 Å². The molecule has 0 radical (unpaired) electrons. The summed E-state index contributed by atoms with van der Waals surface area (Å²) in [4.78, 5) is 0. The number of nitrogens with one attached hydrogen (secondary N) is 1. The average molecular weight is 201 g/mol. The molecule has 1 rings (SSSR count). The molecule has 0 amide bonds. The van der Waals surface area contributed by atoms with Crippen LogP contribution in [0.25, 0.3) is 0 Å². The number of hydrogen-bond donors (Lipinski definition) is 1. The Hall–Kier alpha value is -1.00. The predicted octanol–water partition coefficient (Wildman–Crippen LogP) is 1.87. The highest BCUT2D eigenvalue weighted by Gasteiger charge is 2.14. The van der Waals surface area contributed by atoms with Gasteiger partial charge in [0.25, 0.3) is 0 Å². The Balaban J connectivity index is 2.92. The highest BCUT2D eigenvalue weighted by Crippen LogP contribution is 2.19. The number of halogens is 2. The van der Waals surface area contributed by atoms with Gasteiger partial charge in [-0.15, -0.1) is 0 Å². The number of ether oxygens (including phenoxy) is 1. The van der Waals surface area contributed by atoms with E-state index in [9.17, 15) is 8.78 Å². The quantitative estimate of drug-likeness (QED) is 0.803. The van der Waals surface area contributed by atoms with Crippen LogP contribution in [-0.4, -0.2) is 20.7 Å². The van der Waals surface area contributed by atoms with Crippen LogP contribution in [0.3, 0.4) is 0 Å². The van der Waals surface area contributed by atoms with Gasteiger partial charge in [-0.3, -0.25) is 0 Å². The smallest absolute Gasteiger partial charge is 0.131 e. The minimum Gasteiger partial charge on any atom is -0.375 e. The maximum absolute atomic E-state index is 13.3. The first-order valence-electron chi connectivity index (χ1n) is 4.31. The Kier molecular flexibility index (Phi) is 3.98. The number of benzene rings is 1. The summed E-state index contributed by atoms with van der Waals surface area (Å²) in [6.45, 7) is 0.485. The molecule has 0 aliphatic heterocycles. The van der Waals surface area contributed by atoms with Crippen LogP contribution < -0.4 is 5.32 Å². The first-order chi connectivity index (χ1) is 6.69. The van der Waals surface area contributed by atoms with E-state index in [0.29, 0.717) is 12.1 Å². The monoisotopic (exact) mass is 201 g/mol. The summed E-state index contributed by atoms with van der Waals surface area (Å²) < 4.78 is 30.9. The van der Waals surface area contributed by atoms with Crippen LogP contribution in [0.15, 0.2) is 18.2 Å². The first kappa shape index (κ1) is 11.1. The zero-order valence-electron chi connectivity index (χ0n) is 8.18. The molecule has 0 aliphatic rings. The SMILES string of the molecule is CNC[C@@H](OC)c1ccc(F)cc1F. The third kappa shape index (κ3) is 2.49. The summed E-state index contributed by atoms with van der Waals surface area (Å²) >= 11 is 0. The van der Waals surface area contributed by atoms with Gasteiger partial charge >= 0.3 is 0 Å². The van der Waals surface area contributed by atoms with Crippen molar-refractivity contribution in [2.45, 2.75) is 6.10 Å². The molecular formula is C10H13F2NO. The first-order valence-corrected chi connectivity index (χ1v) is 4.31. The van der Waals surface area contributed by atoms with Crippen molar-refractivity contribution in [2.75, 3.05) is 20.7 Å². The molecule has 0 bridgehead atoms. The molecule has 1 aromatic carbocycles. The van der Waals surface area contributed by atoms with E-state index in [-0.39, 0.29) is 6.10 Å². The largest absolute Gasteiger partial charge is 0.375 e. The molecule has 1 atom stereocenters. The van der Waals surface area contributed by atoms with Gasteiger partial charge in [-0.1, -0.05) is 6.07 Å². The van der Waals surface area contributed by atoms with Crippen molar-refractivity contribution in [2.24, 2.45) is 0 Å². The molecular weight excluding hydrogens is 188 g/mol.